The van der Waals surface area contributed by atoms with E-state index in [1.54, 1.807) is 30.3 Å². The summed E-state index contributed by atoms with van der Waals surface area (Å²) in [4.78, 5) is 63.1. The van der Waals surface area contributed by atoms with E-state index in [0.717, 1.165) is 31.2 Å². The molecule has 3 aromatic rings. The predicted octanol–water partition coefficient (Wildman–Crippen LogP) is 10.4. The highest BCUT2D eigenvalue weighted by molar-refractivity contribution is 5.94. The quantitative estimate of drug-likeness (QED) is 0.0288. The van der Waals surface area contributed by atoms with Crippen LogP contribution in [0.25, 0.3) is 22.3 Å². The third-order valence-electron chi connectivity index (χ3n) is 11.1. The Hall–Kier alpha value is -7.06. The van der Waals surface area contributed by atoms with E-state index < -0.39 is 73.7 Å². The number of esters is 5. The van der Waals surface area contributed by atoms with Crippen molar-refractivity contribution in [2.45, 2.75) is 97.8 Å². The van der Waals surface area contributed by atoms with Gasteiger partial charge in [0.2, 0.25) is 0 Å². The van der Waals surface area contributed by atoms with Crippen LogP contribution in [0.15, 0.2) is 91.1 Å². The molecule has 13 nitrogen and oxygen atoms in total. The van der Waals surface area contributed by atoms with Gasteiger partial charge in [0, 0.05) is 33.4 Å². The highest BCUT2D eigenvalue weighted by Crippen LogP contribution is 2.44. The molecule has 1 fully saturated rings. The van der Waals surface area contributed by atoms with Gasteiger partial charge in [-0.3, -0.25) is 9.59 Å². The van der Waals surface area contributed by atoms with Crippen LogP contribution in [0.2, 0.25) is 0 Å². The number of unbranched alkanes of at least 4 members (excludes halogenated alkanes) is 2. The van der Waals surface area contributed by atoms with Gasteiger partial charge in [-0.25, -0.2) is 18.8 Å². The fourth-order valence-corrected chi connectivity index (χ4v) is 7.27. The number of rotatable bonds is 23. The third-order valence-corrected chi connectivity index (χ3v) is 11.1. The summed E-state index contributed by atoms with van der Waals surface area (Å²) >= 11 is 0. The summed E-state index contributed by atoms with van der Waals surface area (Å²) in [5.41, 5.74) is 0.582. The maximum Gasteiger partial charge on any atom is 0.338 e. The van der Waals surface area contributed by atoms with E-state index in [1.807, 2.05) is 6.07 Å². The van der Waals surface area contributed by atoms with Gasteiger partial charge in [-0.05, 0) is 99.7 Å². The Morgan fingerprint density at radius 3 is 1.71 bits per heavy atom. The van der Waals surface area contributed by atoms with Gasteiger partial charge in [-0.15, -0.1) is 0 Å². The van der Waals surface area contributed by atoms with Crippen molar-refractivity contribution in [3.05, 3.63) is 102 Å². The Morgan fingerprint density at radius 1 is 0.667 bits per heavy atom. The van der Waals surface area contributed by atoms with Crippen LogP contribution in [0.5, 0.6) is 17.2 Å². The molecule has 1 saturated carbocycles. The molecule has 0 unspecified atom stereocenters. The average molecular weight is 905 g/mol. The van der Waals surface area contributed by atoms with Gasteiger partial charge in [-0.1, -0.05) is 76.6 Å². The van der Waals surface area contributed by atoms with E-state index in [0.29, 0.717) is 11.5 Å². The summed E-state index contributed by atoms with van der Waals surface area (Å²) in [5.74, 6) is -3.54. The van der Waals surface area contributed by atoms with Crippen LogP contribution in [0, 0.1) is 39.8 Å². The fourth-order valence-electron chi connectivity index (χ4n) is 7.27. The molecule has 0 aliphatic heterocycles. The third kappa shape index (κ3) is 15.0. The van der Waals surface area contributed by atoms with Gasteiger partial charge in [0.15, 0.2) is 0 Å². The number of carbonyl (C=O) groups excluding carboxylic acids is 5. The number of benzene rings is 3. The minimum atomic E-state index is -1.53. The molecule has 0 radical (unpaired) electrons. The average Bonchev–Trinajstić information content (AvgIpc) is 3.29. The lowest BCUT2D eigenvalue weighted by atomic mass is 9.77. The highest BCUT2D eigenvalue weighted by Gasteiger charge is 2.38. The van der Waals surface area contributed by atoms with Gasteiger partial charge in [-0.2, -0.15) is 10.5 Å². The Bertz CT molecular complexity index is 2350. The van der Waals surface area contributed by atoms with E-state index in [2.05, 4.69) is 26.7 Å². The van der Waals surface area contributed by atoms with Crippen LogP contribution in [0.4, 0.5) is 4.39 Å². The van der Waals surface area contributed by atoms with Crippen molar-refractivity contribution in [2.75, 3.05) is 26.4 Å². The van der Waals surface area contributed by atoms with Crippen LogP contribution < -0.4 is 14.2 Å². The van der Waals surface area contributed by atoms with Gasteiger partial charge >= 0.3 is 29.8 Å². The monoisotopic (exact) mass is 904 g/mol. The zero-order valence-corrected chi connectivity index (χ0v) is 38.1. The molecule has 0 bridgehead atoms. The first-order valence-corrected chi connectivity index (χ1v) is 21.8. The number of halogens is 1. The van der Waals surface area contributed by atoms with E-state index >= 15 is 4.39 Å². The molecule has 0 amide bonds. The lowest BCUT2D eigenvalue weighted by molar-refractivity contribution is -0.162. The standard InChI is InChI=1S/C52H57FN2O11/c1-8-9-10-11-36-12-14-37(15-13-36)39-18-21-41(44(53)26-39)43-28-45(65-50(59)34(4)5)42(27-46(43)66-51(60)35(6)7)38-16-19-40(20-17-38)61-29-52(30-62-47(56)22-24-54,31-63-48(57)23-25-55)32-64-49(58)33(2)3/h16-21,26-28,36-37H,2,4,6,8-15,22-23,29-32H2,1,3,5,7H3. The second-order valence-electron chi connectivity index (χ2n) is 16.8. The van der Waals surface area contributed by atoms with Crippen LogP contribution in [-0.4, -0.2) is 56.3 Å². The summed E-state index contributed by atoms with van der Waals surface area (Å²) in [7, 11) is 0. The minimum Gasteiger partial charge on any atom is -0.493 e. The first-order valence-electron chi connectivity index (χ1n) is 21.8. The second-order valence-corrected chi connectivity index (χ2v) is 16.8. The summed E-state index contributed by atoms with van der Waals surface area (Å²) in [6.07, 6.45) is 7.84. The molecule has 1 aliphatic carbocycles. The molecule has 348 valence electrons. The van der Waals surface area contributed by atoms with Gasteiger partial charge in [0.05, 0.1) is 12.1 Å². The molecule has 3 aromatic carbocycles. The summed E-state index contributed by atoms with van der Waals surface area (Å²) in [6, 6.07) is 17.6. The fraction of sp³-hybridized carbons (Fsp3) is 0.404. The first kappa shape index (κ1) is 51.6. The smallest absolute Gasteiger partial charge is 0.338 e. The van der Waals surface area contributed by atoms with Crippen molar-refractivity contribution in [3.63, 3.8) is 0 Å². The number of nitrogens with zero attached hydrogens (tertiary/aromatic N) is 2. The molecule has 0 aromatic heterocycles. The Balaban J connectivity index is 1.72. The van der Waals surface area contributed by atoms with Crippen LogP contribution in [0.1, 0.15) is 103 Å². The topological polar surface area (TPSA) is 188 Å². The molecule has 4 rings (SSSR count). The lowest BCUT2D eigenvalue weighted by Gasteiger charge is -2.32. The van der Waals surface area contributed by atoms with E-state index in [-0.39, 0.29) is 63.2 Å². The highest BCUT2D eigenvalue weighted by atomic mass is 19.1. The van der Waals surface area contributed by atoms with Crippen molar-refractivity contribution in [1.29, 1.82) is 10.5 Å². The van der Waals surface area contributed by atoms with Crippen molar-refractivity contribution < 1.29 is 56.8 Å². The van der Waals surface area contributed by atoms with Crippen LogP contribution >= 0.6 is 0 Å². The van der Waals surface area contributed by atoms with Gasteiger partial charge in [0.25, 0.3) is 0 Å². The molecule has 0 N–H and O–H groups in total. The number of hydrogen-bond donors (Lipinski definition) is 0. The molecule has 1 aliphatic rings. The SMILES string of the molecule is C=C(C)C(=O)OCC(COC(=O)CC#N)(COC(=O)CC#N)COc1ccc(-c2cc(OC(=O)C(=C)C)c(-c3ccc(C4CCC(CCCCC)CC4)cc3F)cc2OC(=O)C(=C)C)cc1. The summed E-state index contributed by atoms with van der Waals surface area (Å²) < 4.78 is 50.1. The summed E-state index contributed by atoms with van der Waals surface area (Å²) in [5, 5.41) is 18.0. The van der Waals surface area contributed by atoms with Crippen molar-refractivity contribution in [3.8, 4) is 51.6 Å². The number of ether oxygens (including phenoxy) is 6. The zero-order valence-electron chi connectivity index (χ0n) is 38.1. The molecular weight excluding hydrogens is 848 g/mol. The molecule has 0 saturated heterocycles. The van der Waals surface area contributed by atoms with Crippen molar-refractivity contribution in [2.24, 2.45) is 11.3 Å². The molecule has 0 heterocycles. The van der Waals surface area contributed by atoms with Crippen molar-refractivity contribution >= 4 is 29.8 Å². The molecule has 0 spiro atoms. The molecule has 14 heteroatoms. The Morgan fingerprint density at radius 2 is 1.20 bits per heavy atom. The lowest BCUT2D eigenvalue weighted by Crippen LogP contribution is -2.44. The first-order chi connectivity index (χ1) is 31.5. The Kier molecular flexibility index (Phi) is 19.4. The molecule has 66 heavy (non-hydrogen) atoms. The molecule has 0 atom stereocenters. The zero-order chi connectivity index (χ0) is 48.4. The minimum absolute atomic E-state index is 0.00313. The largest absolute Gasteiger partial charge is 0.493 e. The maximum absolute atomic E-state index is 16.4. The van der Waals surface area contributed by atoms with Gasteiger partial charge in [0.1, 0.15) is 67.7 Å². The van der Waals surface area contributed by atoms with E-state index in [4.69, 9.17) is 38.9 Å². The van der Waals surface area contributed by atoms with E-state index in [9.17, 15) is 24.0 Å². The number of carbonyl (C=O) groups is 5. The Labute approximate surface area is 385 Å². The second kappa shape index (κ2) is 24.9. The molecular formula is C52H57FN2O11. The summed E-state index contributed by atoms with van der Waals surface area (Å²) in [6.45, 7) is 15.6. The number of nitriles is 2. The normalized spacial score (nSPS) is 14.3. The van der Waals surface area contributed by atoms with E-state index in [1.165, 1.54) is 76.8 Å². The maximum atomic E-state index is 16.4. The van der Waals surface area contributed by atoms with Crippen LogP contribution in [-0.2, 0) is 38.2 Å². The van der Waals surface area contributed by atoms with Gasteiger partial charge < -0.3 is 28.4 Å². The number of hydrogen-bond acceptors (Lipinski definition) is 13. The van der Waals surface area contributed by atoms with Crippen molar-refractivity contribution in [1.82, 2.24) is 0 Å². The van der Waals surface area contributed by atoms with Crippen LogP contribution in [0.3, 0.4) is 0 Å². The predicted molar refractivity (Wildman–Crippen MR) is 243 cm³/mol.